The van der Waals surface area contributed by atoms with E-state index < -0.39 is 0 Å². The molecular weight excluding hydrogens is 515 g/mol. The number of allylic oxidation sites excluding steroid dienone is 2. The Hall–Kier alpha value is -2.15. The van der Waals surface area contributed by atoms with Crippen molar-refractivity contribution in [1.82, 2.24) is 5.01 Å². The maximum atomic E-state index is 12.9. The molecule has 2 fully saturated rings. The summed E-state index contributed by atoms with van der Waals surface area (Å²) < 4.78 is 6.58. The molecule has 0 aromatic heterocycles. The second-order valence-corrected chi connectivity index (χ2v) is 9.99. The molecule has 1 aliphatic heterocycles. The molecule has 164 valence electrons. The maximum Gasteiger partial charge on any atom is 0.254 e. The first-order valence-corrected chi connectivity index (χ1v) is 11.9. The lowest BCUT2D eigenvalue weighted by Gasteiger charge is -2.37. The first kappa shape index (κ1) is 21.7. The molecule has 4 aliphatic rings. The predicted molar refractivity (Wildman–Crippen MR) is 127 cm³/mol. The zero-order valence-corrected chi connectivity index (χ0v) is 20.0. The second kappa shape index (κ2) is 8.65. The van der Waals surface area contributed by atoms with E-state index in [-0.39, 0.29) is 42.1 Å². The molecule has 2 aromatic rings. The Morgan fingerprint density at radius 3 is 2.31 bits per heavy atom. The molecule has 1 saturated carbocycles. The van der Waals surface area contributed by atoms with E-state index in [0.29, 0.717) is 15.8 Å². The number of carbonyl (C=O) groups excluding carboxylic acids is 2. The van der Waals surface area contributed by atoms with Gasteiger partial charge in [-0.15, -0.1) is 0 Å². The van der Waals surface area contributed by atoms with Gasteiger partial charge >= 0.3 is 0 Å². The fourth-order valence-electron chi connectivity index (χ4n) is 4.81. The summed E-state index contributed by atoms with van der Waals surface area (Å²) in [6, 6.07) is 10.7. The van der Waals surface area contributed by atoms with Gasteiger partial charge in [0.2, 0.25) is 0 Å². The third-order valence-electron chi connectivity index (χ3n) is 6.41. The molecule has 3 aliphatic carbocycles. The van der Waals surface area contributed by atoms with Crippen LogP contribution in [0.3, 0.4) is 0 Å². The first-order chi connectivity index (χ1) is 15.4. The monoisotopic (exact) mass is 532 g/mol. The molecular formula is C24H19BrCl2N2O3. The van der Waals surface area contributed by atoms with Gasteiger partial charge in [0.15, 0.2) is 0 Å². The van der Waals surface area contributed by atoms with Crippen LogP contribution in [0.2, 0.25) is 10.0 Å². The van der Waals surface area contributed by atoms with E-state index in [4.69, 9.17) is 27.9 Å². The number of benzene rings is 2. The normalized spacial score (nSPS) is 26.3. The van der Waals surface area contributed by atoms with Crippen molar-refractivity contribution in [1.29, 1.82) is 0 Å². The van der Waals surface area contributed by atoms with Crippen molar-refractivity contribution >= 4 is 57.2 Å². The topological polar surface area (TPSA) is 59.0 Å². The van der Waals surface area contributed by atoms with Gasteiger partial charge in [0.05, 0.1) is 22.5 Å². The molecule has 1 heterocycles. The van der Waals surface area contributed by atoms with Crippen molar-refractivity contribution in [2.45, 2.75) is 19.4 Å². The molecule has 0 radical (unpaired) electrons. The van der Waals surface area contributed by atoms with Gasteiger partial charge in [-0.05, 0) is 76.5 Å². The third kappa shape index (κ3) is 3.89. The number of imide groups is 1. The summed E-state index contributed by atoms with van der Waals surface area (Å²) in [5.74, 6) is 0.0532. The number of carbonyl (C=O) groups is 2. The number of hydrogen-bond donors (Lipinski definition) is 0. The van der Waals surface area contributed by atoms with Gasteiger partial charge in [0.1, 0.15) is 12.4 Å². The summed E-state index contributed by atoms with van der Waals surface area (Å²) in [4.78, 5) is 25.7. The van der Waals surface area contributed by atoms with Gasteiger partial charge in [-0.3, -0.25) is 9.59 Å². The number of ether oxygens (including phenoxy) is 1. The number of fused-ring (bicyclic) bond motifs is 1. The quantitative estimate of drug-likeness (QED) is 0.274. The van der Waals surface area contributed by atoms with E-state index in [1.54, 1.807) is 18.2 Å². The lowest BCUT2D eigenvalue weighted by Crippen LogP contribution is -2.38. The summed E-state index contributed by atoms with van der Waals surface area (Å²) in [6.07, 6.45) is 7.66. The summed E-state index contributed by atoms with van der Waals surface area (Å²) in [7, 11) is 0. The number of nitrogens with zero attached hydrogens (tertiary/aromatic N) is 2. The van der Waals surface area contributed by atoms with E-state index >= 15 is 0 Å². The van der Waals surface area contributed by atoms with Gasteiger partial charge in [0.25, 0.3) is 11.8 Å². The van der Waals surface area contributed by atoms with Crippen LogP contribution in [-0.2, 0) is 16.2 Å². The van der Waals surface area contributed by atoms with Crippen molar-refractivity contribution in [3.63, 3.8) is 0 Å². The number of amides is 2. The first-order valence-electron chi connectivity index (χ1n) is 10.4. The average molecular weight is 534 g/mol. The molecule has 4 atom stereocenters. The van der Waals surface area contributed by atoms with Crippen molar-refractivity contribution in [3.05, 3.63) is 74.2 Å². The van der Waals surface area contributed by atoms with Crippen LogP contribution in [0.1, 0.15) is 24.0 Å². The van der Waals surface area contributed by atoms with Gasteiger partial charge in [0, 0.05) is 15.6 Å². The van der Waals surface area contributed by atoms with E-state index in [9.17, 15) is 9.59 Å². The van der Waals surface area contributed by atoms with Crippen molar-refractivity contribution in [3.8, 4) is 5.75 Å². The molecule has 6 rings (SSSR count). The van der Waals surface area contributed by atoms with Crippen molar-refractivity contribution in [2.24, 2.45) is 28.8 Å². The van der Waals surface area contributed by atoms with Crippen molar-refractivity contribution in [2.75, 3.05) is 0 Å². The highest BCUT2D eigenvalue weighted by atomic mass is 79.9. The minimum Gasteiger partial charge on any atom is -0.488 e. The number of halogens is 3. The van der Waals surface area contributed by atoms with E-state index in [1.807, 2.05) is 18.2 Å². The molecule has 0 unspecified atom stereocenters. The van der Waals surface area contributed by atoms with Crippen LogP contribution in [-0.4, -0.2) is 23.0 Å². The van der Waals surface area contributed by atoms with Gasteiger partial charge in [-0.2, -0.15) is 10.1 Å². The highest BCUT2D eigenvalue weighted by molar-refractivity contribution is 9.10. The lowest BCUT2D eigenvalue weighted by molar-refractivity contribution is -0.140. The van der Waals surface area contributed by atoms with Crippen LogP contribution in [0.5, 0.6) is 5.75 Å². The van der Waals surface area contributed by atoms with Crippen LogP contribution in [0, 0.1) is 23.7 Å². The summed E-state index contributed by atoms with van der Waals surface area (Å²) in [5, 5.41) is 6.43. The zero-order chi connectivity index (χ0) is 22.4. The van der Waals surface area contributed by atoms with Crippen LogP contribution in [0.4, 0.5) is 0 Å². The van der Waals surface area contributed by atoms with Crippen LogP contribution >= 0.6 is 39.1 Å². The third-order valence-corrected chi connectivity index (χ3v) is 7.62. The SMILES string of the molecule is O=C1[C@H]2[C@H](C(=O)N1/N=C\c1ccc(OCc3ccc(Cl)cc3Cl)c(Br)c1)[C@H]1C=C[C@H]2CC1. The Morgan fingerprint density at radius 2 is 1.72 bits per heavy atom. The van der Waals surface area contributed by atoms with Gasteiger partial charge in [-0.25, -0.2) is 0 Å². The van der Waals surface area contributed by atoms with E-state index in [1.165, 1.54) is 6.21 Å². The number of rotatable bonds is 5. The average Bonchev–Trinajstić information content (AvgIpc) is 3.05. The molecule has 2 bridgehead atoms. The highest BCUT2D eigenvalue weighted by Gasteiger charge is 2.56. The molecule has 5 nitrogen and oxygen atoms in total. The molecule has 8 heteroatoms. The number of hydrazone groups is 1. The van der Waals surface area contributed by atoms with Crippen LogP contribution in [0.15, 0.2) is 58.1 Å². The smallest absolute Gasteiger partial charge is 0.254 e. The predicted octanol–water partition coefficient (Wildman–Crippen LogP) is 5.87. The molecule has 2 aromatic carbocycles. The minimum atomic E-state index is -0.259. The molecule has 32 heavy (non-hydrogen) atoms. The Balaban J connectivity index is 1.27. The Bertz CT molecular complexity index is 1130. The maximum absolute atomic E-state index is 12.9. The standard InChI is InChI=1S/C24H19BrCl2N2O3/c25-18-9-13(1-8-20(18)32-12-16-6-7-17(26)10-19(16)27)11-28-29-23(30)21-14-2-3-15(5-4-14)22(21)24(29)31/h1-3,6-11,14-15,21-22H,4-5,12H2/b28-11-/t14-,15-,21+,22+/m0/s1. The molecule has 2 amide bonds. The van der Waals surface area contributed by atoms with Gasteiger partial charge in [-0.1, -0.05) is 41.4 Å². The highest BCUT2D eigenvalue weighted by Crippen LogP contribution is 2.49. The Morgan fingerprint density at radius 1 is 1.03 bits per heavy atom. The summed E-state index contributed by atoms with van der Waals surface area (Å²) >= 11 is 15.6. The largest absolute Gasteiger partial charge is 0.488 e. The molecule has 0 spiro atoms. The summed E-state index contributed by atoms with van der Waals surface area (Å²) in [6.45, 7) is 0.290. The van der Waals surface area contributed by atoms with E-state index in [0.717, 1.165) is 33.5 Å². The van der Waals surface area contributed by atoms with E-state index in [2.05, 4.69) is 33.2 Å². The Kier molecular flexibility index (Phi) is 5.86. The van der Waals surface area contributed by atoms with Crippen LogP contribution in [0.25, 0.3) is 0 Å². The van der Waals surface area contributed by atoms with Crippen molar-refractivity contribution < 1.29 is 14.3 Å². The lowest BCUT2D eigenvalue weighted by atomic mass is 9.63. The second-order valence-electron chi connectivity index (χ2n) is 8.29. The zero-order valence-electron chi connectivity index (χ0n) is 16.9. The van der Waals surface area contributed by atoms with Gasteiger partial charge < -0.3 is 4.74 Å². The molecule has 1 saturated heterocycles. The fourth-order valence-corrected chi connectivity index (χ4v) is 5.78. The fraction of sp³-hybridized carbons (Fsp3) is 0.292. The minimum absolute atomic E-state index is 0.154. The molecule has 0 N–H and O–H groups in total. The van der Waals surface area contributed by atoms with Crippen LogP contribution < -0.4 is 4.74 Å². The Labute approximate surface area is 204 Å². The summed E-state index contributed by atoms with van der Waals surface area (Å²) in [5.41, 5.74) is 1.56. The number of hydrogen-bond acceptors (Lipinski definition) is 4.